The van der Waals surface area contributed by atoms with Crippen LogP contribution in [0.3, 0.4) is 0 Å². The van der Waals surface area contributed by atoms with Crippen molar-refractivity contribution in [2.24, 2.45) is 0 Å². The maximum atomic E-state index is 13.4. The van der Waals surface area contributed by atoms with Gasteiger partial charge in [-0.3, -0.25) is 9.59 Å². The van der Waals surface area contributed by atoms with Gasteiger partial charge in [-0.15, -0.1) is 17.9 Å². The third-order valence-electron chi connectivity index (χ3n) is 5.73. The second-order valence-electron chi connectivity index (χ2n) is 8.44. The van der Waals surface area contributed by atoms with E-state index in [-0.39, 0.29) is 18.4 Å². The number of hydrogen-bond acceptors (Lipinski definition) is 3. The summed E-state index contributed by atoms with van der Waals surface area (Å²) in [5.74, 6) is -0.229. The molecule has 0 bridgehead atoms. The van der Waals surface area contributed by atoms with Crippen LogP contribution in [0.5, 0.6) is 0 Å². The summed E-state index contributed by atoms with van der Waals surface area (Å²) >= 11 is 1.63. The minimum atomic E-state index is -0.149. The Bertz CT molecular complexity index is 1030. The summed E-state index contributed by atoms with van der Waals surface area (Å²) < 4.78 is 0. The topological polar surface area (TPSA) is 40.6 Å². The maximum absolute atomic E-state index is 13.4. The van der Waals surface area contributed by atoms with Crippen molar-refractivity contribution in [3.8, 4) is 0 Å². The van der Waals surface area contributed by atoms with Crippen LogP contribution in [0.2, 0.25) is 0 Å². The molecule has 3 rings (SSSR count). The number of carbonyl (C=O) groups is 2. The molecule has 0 unspecified atom stereocenters. The van der Waals surface area contributed by atoms with E-state index in [0.717, 1.165) is 23.3 Å². The number of thiophene rings is 1. The van der Waals surface area contributed by atoms with Crippen LogP contribution >= 0.6 is 11.3 Å². The zero-order valence-corrected chi connectivity index (χ0v) is 20.8. The Labute approximate surface area is 207 Å². The first kappa shape index (κ1) is 25.4. The minimum Gasteiger partial charge on any atom is -0.332 e. The molecule has 3 aromatic rings. The van der Waals surface area contributed by atoms with Crippen LogP contribution in [-0.2, 0) is 24.3 Å². The first-order chi connectivity index (χ1) is 16.6. The molecule has 0 saturated heterocycles. The van der Waals surface area contributed by atoms with Gasteiger partial charge in [0.05, 0.1) is 6.54 Å². The van der Waals surface area contributed by atoms with Crippen LogP contribution in [-0.4, -0.2) is 34.7 Å². The highest BCUT2D eigenvalue weighted by Gasteiger charge is 2.22. The molecule has 0 aliphatic carbocycles. The van der Waals surface area contributed by atoms with Crippen LogP contribution in [0, 0.1) is 0 Å². The molecule has 4 nitrogen and oxygen atoms in total. The number of carbonyl (C=O) groups excluding carboxylic acids is 2. The zero-order chi connectivity index (χ0) is 24.2. The number of nitrogens with zero attached hydrogens (tertiary/aromatic N) is 2. The monoisotopic (exact) mass is 474 g/mol. The van der Waals surface area contributed by atoms with Gasteiger partial charge in [-0.25, -0.2) is 0 Å². The number of hydrogen-bond donors (Lipinski definition) is 0. The van der Waals surface area contributed by atoms with Gasteiger partial charge in [0.2, 0.25) is 5.91 Å². The smallest absolute Gasteiger partial charge is 0.254 e. The SMILES string of the molecule is C=CCN(CC(=O)N(Cc1ccccc1)Cc1cccs1)C(=O)c1ccc(CCCCC)cc1. The van der Waals surface area contributed by atoms with Crippen molar-refractivity contribution in [2.45, 2.75) is 45.7 Å². The van der Waals surface area contributed by atoms with E-state index in [9.17, 15) is 9.59 Å². The highest BCUT2D eigenvalue weighted by molar-refractivity contribution is 7.09. The van der Waals surface area contributed by atoms with Crippen molar-refractivity contribution in [1.82, 2.24) is 9.80 Å². The van der Waals surface area contributed by atoms with Crippen LogP contribution in [0.25, 0.3) is 0 Å². The predicted molar refractivity (Wildman–Crippen MR) is 141 cm³/mol. The lowest BCUT2D eigenvalue weighted by Gasteiger charge is -2.27. The molecular formula is C29H34N2O2S. The lowest BCUT2D eigenvalue weighted by Crippen LogP contribution is -2.42. The summed E-state index contributed by atoms with van der Waals surface area (Å²) in [5, 5.41) is 2.01. The molecule has 0 fully saturated rings. The van der Waals surface area contributed by atoms with Crippen LogP contribution in [0.4, 0.5) is 0 Å². The van der Waals surface area contributed by atoms with E-state index in [4.69, 9.17) is 0 Å². The fourth-order valence-electron chi connectivity index (χ4n) is 3.84. The molecule has 1 heterocycles. The summed E-state index contributed by atoms with van der Waals surface area (Å²) in [6.07, 6.45) is 6.25. The second kappa shape index (κ2) is 13.5. The fourth-order valence-corrected chi connectivity index (χ4v) is 4.56. The minimum absolute atomic E-state index is 0.0152. The van der Waals surface area contributed by atoms with Crippen molar-refractivity contribution in [3.63, 3.8) is 0 Å². The molecule has 178 valence electrons. The average Bonchev–Trinajstić information content (AvgIpc) is 3.37. The number of aryl methyl sites for hydroxylation is 1. The molecule has 1 aromatic heterocycles. The molecule has 0 aliphatic heterocycles. The van der Waals surface area contributed by atoms with Crippen molar-refractivity contribution < 1.29 is 9.59 Å². The number of rotatable bonds is 13. The highest BCUT2D eigenvalue weighted by Crippen LogP contribution is 2.16. The molecule has 0 aliphatic rings. The number of benzene rings is 2. The van der Waals surface area contributed by atoms with E-state index in [1.54, 1.807) is 22.3 Å². The first-order valence-electron chi connectivity index (χ1n) is 11.9. The van der Waals surface area contributed by atoms with Crippen molar-refractivity contribution in [3.05, 3.63) is 106 Å². The van der Waals surface area contributed by atoms with Gasteiger partial charge in [0.15, 0.2) is 0 Å². The Morgan fingerprint density at radius 1 is 0.882 bits per heavy atom. The molecule has 0 saturated carbocycles. The molecule has 34 heavy (non-hydrogen) atoms. The Morgan fingerprint density at radius 3 is 2.29 bits per heavy atom. The van der Waals surface area contributed by atoms with Gasteiger partial charge in [-0.05, 0) is 47.5 Å². The molecule has 0 spiro atoms. The van der Waals surface area contributed by atoms with E-state index >= 15 is 0 Å². The third kappa shape index (κ3) is 7.70. The average molecular weight is 475 g/mol. The Kier molecular flexibility index (Phi) is 10.1. The molecule has 2 aromatic carbocycles. The molecule has 0 radical (unpaired) electrons. The van der Waals surface area contributed by atoms with E-state index in [2.05, 4.69) is 13.5 Å². The van der Waals surface area contributed by atoms with E-state index in [1.165, 1.54) is 18.4 Å². The standard InChI is InChI=1S/C29H34N2O2S/c1-3-5-7-11-24-15-17-26(18-16-24)29(33)30(19-4-2)23-28(32)31(22-27-14-10-20-34-27)21-25-12-8-6-9-13-25/h4,6,8-10,12-18,20H,2-3,5,7,11,19,21-23H2,1H3. The van der Waals surface area contributed by atoms with E-state index in [1.807, 2.05) is 77.0 Å². The van der Waals surface area contributed by atoms with Crippen LogP contribution in [0.15, 0.2) is 84.8 Å². The predicted octanol–water partition coefficient (Wildman–Crippen LogP) is 6.34. The van der Waals surface area contributed by atoms with Crippen molar-refractivity contribution in [2.75, 3.05) is 13.1 Å². The van der Waals surface area contributed by atoms with Gasteiger partial charge in [0, 0.05) is 23.5 Å². The van der Waals surface area contributed by atoms with Gasteiger partial charge in [-0.1, -0.05) is 74.4 Å². The Morgan fingerprint density at radius 2 is 1.65 bits per heavy atom. The Hall–Kier alpha value is -3.18. The summed E-state index contributed by atoms with van der Waals surface area (Å²) in [7, 11) is 0. The fraction of sp³-hybridized carbons (Fsp3) is 0.310. The molecule has 2 amide bonds. The van der Waals surface area contributed by atoms with E-state index in [0.29, 0.717) is 25.2 Å². The Balaban J connectivity index is 1.71. The molecule has 5 heteroatoms. The normalized spacial score (nSPS) is 10.6. The van der Waals surface area contributed by atoms with Gasteiger partial charge in [0.25, 0.3) is 5.91 Å². The summed E-state index contributed by atoms with van der Waals surface area (Å²) in [6.45, 7) is 7.35. The van der Waals surface area contributed by atoms with E-state index < -0.39 is 0 Å². The quantitative estimate of drug-likeness (QED) is 0.214. The van der Waals surface area contributed by atoms with Crippen molar-refractivity contribution in [1.29, 1.82) is 0 Å². The molecule has 0 atom stereocenters. The van der Waals surface area contributed by atoms with Crippen LogP contribution < -0.4 is 0 Å². The van der Waals surface area contributed by atoms with Crippen LogP contribution in [0.1, 0.15) is 52.5 Å². The number of amides is 2. The summed E-state index contributed by atoms with van der Waals surface area (Å²) in [6, 6.07) is 21.8. The lowest BCUT2D eigenvalue weighted by molar-refractivity contribution is -0.133. The van der Waals surface area contributed by atoms with Gasteiger partial charge in [-0.2, -0.15) is 0 Å². The van der Waals surface area contributed by atoms with Crippen molar-refractivity contribution >= 4 is 23.2 Å². The zero-order valence-electron chi connectivity index (χ0n) is 20.0. The molecular weight excluding hydrogens is 440 g/mol. The third-order valence-corrected chi connectivity index (χ3v) is 6.59. The molecule has 0 N–H and O–H groups in total. The highest BCUT2D eigenvalue weighted by atomic mass is 32.1. The summed E-state index contributed by atoms with van der Waals surface area (Å²) in [4.78, 5) is 31.2. The second-order valence-corrected chi connectivity index (χ2v) is 9.48. The lowest BCUT2D eigenvalue weighted by atomic mass is 10.0. The summed E-state index contributed by atoms with van der Waals surface area (Å²) in [5.41, 5.74) is 2.90. The number of unbranched alkanes of at least 4 members (excludes halogenated alkanes) is 2. The van der Waals surface area contributed by atoms with Gasteiger partial charge < -0.3 is 9.80 Å². The van der Waals surface area contributed by atoms with Gasteiger partial charge >= 0.3 is 0 Å². The van der Waals surface area contributed by atoms with Gasteiger partial charge in [0.1, 0.15) is 6.54 Å². The maximum Gasteiger partial charge on any atom is 0.254 e. The first-order valence-corrected chi connectivity index (χ1v) is 12.8. The largest absolute Gasteiger partial charge is 0.332 e.